The summed E-state index contributed by atoms with van der Waals surface area (Å²) in [6.07, 6.45) is -0.402. The summed E-state index contributed by atoms with van der Waals surface area (Å²) >= 11 is 0. The minimum atomic E-state index is -0.863. The Kier molecular flexibility index (Phi) is 8.09. The van der Waals surface area contributed by atoms with Gasteiger partial charge in [-0.2, -0.15) is 0 Å². The van der Waals surface area contributed by atoms with Gasteiger partial charge >= 0.3 is 12.1 Å². The summed E-state index contributed by atoms with van der Waals surface area (Å²) in [5, 5.41) is 5.09. The van der Waals surface area contributed by atoms with E-state index in [0.717, 1.165) is 5.56 Å². The monoisotopic (exact) mass is 364 g/mol. The Hall–Kier alpha value is -2.57. The maximum atomic E-state index is 12.4. The molecular weight excluding hydrogens is 336 g/mol. The lowest BCUT2D eigenvalue weighted by atomic mass is 10.1. The van der Waals surface area contributed by atoms with E-state index >= 15 is 0 Å². The zero-order valence-corrected chi connectivity index (χ0v) is 16.0. The average molecular weight is 364 g/mol. The van der Waals surface area contributed by atoms with Crippen molar-refractivity contribution in [2.75, 3.05) is 6.61 Å². The molecule has 0 unspecified atom stereocenters. The molecule has 0 spiro atoms. The van der Waals surface area contributed by atoms with E-state index < -0.39 is 35.7 Å². The molecule has 0 aromatic heterocycles. The van der Waals surface area contributed by atoms with Crippen LogP contribution in [0.25, 0.3) is 0 Å². The second kappa shape index (κ2) is 9.79. The van der Waals surface area contributed by atoms with Crippen LogP contribution in [-0.4, -0.2) is 42.3 Å². The molecule has 1 aromatic rings. The third-order valence-corrected chi connectivity index (χ3v) is 3.30. The van der Waals surface area contributed by atoms with Gasteiger partial charge in [-0.25, -0.2) is 9.59 Å². The number of hydrogen-bond donors (Lipinski definition) is 2. The number of esters is 1. The van der Waals surface area contributed by atoms with Crippen molar-refractivity contribution in [2.24, 2.45) is 0 Å². The average Bonchev–Trinajstić information content (AvgIpc) is 2.53. The van der Waals surface area contributed by atoms with Gasteiger partial charge in [0.15, 0.2) is 0 Å². The number of nitrogens with one attached hydrogen (secondary N) is 2. The van der Waals surface area contributed by atoms with Crippen molar-refractivity contribution >= 4 is 18.0 Å². The molecule has 0 saturated carbocycles. The minimum Gasteiger partial charge on any atom is -0.464 e. The quantitative estimate of drug-likeness (QED) is 0.724. The van der Waals surface area contributed by atoms with Crippen LogP contribution in [0.5, 0.6) is 0 Å². The molecule has 1 rings (SSSR count). The lowest BCUT2D eigenvalue weighted by Gasteiger charge is -2.23. The Balaban J connectivity index is 2.71. The van der Waals surface area contributed by atoms with E-state index in [4.69, 9.17) is 9.47 Å². The van der Waals surface area contributed by atoms with Gasteiger partial charge in [0.25, 0.3) is 0 Å². The van der Waals surface area contributed by atoms with Gasteiger partial charge in [-0.1, -0.05) is 30.3 Å². The van der Waals surface area contributed by atoms with Crippen molar-refractivity contribution in [1.29, 1.82) is 0 Å². The molecule has 1 aromatic carbocycles. The van der Waals surface area contributed by atoms with Gasteiger partial charge in [0.1, 0.15) is 17.7 Å². The normalized spacial score (nSPS) is 13.3. The zero-order valence-electron chi connectivity index (χ0n) is 16.0. The van der Waals surface area contributed by atoms with Crippen LogP contribution in [0.1, 0.15) is 40.2 Å². The molecule has 7 nitrogen and oxygen atoms in total. The molecule has 2 atom stereocenters. The van der Waals surface area contributed by atoms with Crippen molar-refractivity contribution in [3.05, 3.63) is 35.9 Å². The van der Waals surface area contributed by atoms with Gasteiger partial charge in [0.05, 0.1) is 6.61 Å². The van der Waals surface area contributed by atoms with Crippen LogP contribution < -0.4 is 10.6 Å². The van der Waals surface area contributed by atoms with E-state index in [9.17, 15) is 14.4 Å². The molecule has 26 heavy (non-hydrogen) atoms. The van der Waals surface area contributed by atoms with Crippen LogP contribution in [0.4, 0.5) is 4.79 Å². The molecular formula is C19H28N2O5. The number of rotatable bonds is 7. The molecule has 0 saturated heterocycles. The summed E-state index contributed by atoms with van der Waals surface area (Å²) in [5.74, 6) is -1.01. The van der Waals surface area contributed by atoms with Gasteiger partial charge in [-0.3, -0.25) is 4.79 Å². The highest BCUT2D eigenvalue weighted by Crippen LogP contribution is 2.08. The third kappa shape index (κ3) is 8.00. The molecule has 0 heterocycles. The molecule has 0 aliphatic carbocycles. The predicted molar refractivity (Wildman–Crippen MR) is 97.5 cm³/mol. The molecule has 144 valence electrons. The lowest BCUT2D eigenvalue weighted by molar-refractivity contribution is -0.147. The fourth-order valence-corrected chi connectivity index (χ4v) is 2.13. The summed E-state index contributed by atoms with van der Waals surface area (Å²) in [7, 11) is 0. The molecule has 2 amide bonds. The second-order valence-electron chi connectivity index (χ2n) is 6.87. The first kappa shape index (κ1) is 21.5. The largest absolute Gasteiger partial charge is 0.464 e. The molecule has 0 aliphatic heterocycles. The molecule has 2 N–H and O–H groups in total. The number of benzene rings is 1. The van der Waals surface area contributed by atoms with Crippen molar-refractivity contribution < 1.29 is 23.9 Å². The van der Waals surface area contributed by atoms with Crippen LogP contribution in [0.3, 0.4) is 0 Å². The highest BCUT2D eigenvalue weighted by atomic mass is 16.6. The maximum absolute atomic E-state index is 12.4. The summed E-state index contributed by atoms with van der Waals surface area (Å²) in [5.41, 5.74) is 0.222. The van der Waals surface area contributed by atoms with E-state index in [1.165, 1.54) is 6.92 Å². The molecule has 0 radical (unpaired) electrons. The number of amides is 2. The van der Waals surface area contributed by atoms with Gasteiger partial charge < -0.3 is 20.1 Å². The number of carbonyl (C=O) groups excluding carboxylic acids is 3. The Labute approximate surface area is 154 Å². The summed E-state index contributed by atoms with van der Waals surface area (Å²) in [4.78, 5) is 36.3. The Morgan fingerprint density at radius 3 is 2.23 bits per heavy atom. The van der Waals surface area contributed by atoms with Gasteiger partial charge in [0, 0.05) is 6.42 Å². The first-order chi connectivity index (χ1) is 12.1. The van der Waals surface area contributed by atoms with Crippen molar-refractivity contribution in [3.8, 4) is 0 Å². The number of ether oxygens (including phenoxy) is 2. The van der Waals surface area contributed by atoms with Gasteiger partial charge in [-0.15, -0.1) is 0 Å². The van der Waals surface area contributed by atoms with Crippen molar-refractivity contribution in [3.63, 3.8) is 0 Å². The summed E-state index contributed by atoms with van der Waals surface area (Å²) in [6, 6.07) is 7.60. The topological polar surface area (TPSA) is 93.7 Å². The van der Waals surface area contributed by atoms with Crippen LogP contribution in [-0.2, 0) is 25.5 Å². The third-order valence-electron chi connectivity index (χ3n) is 3.30. The van der Waals surface area contributed by atoms with Crippen molar-refractivity contribution in [1.82, 2.24) is 10.6 Å². The number of hydrogen-bond acceptors (Lipinski definition) is 5. The standard InChI is InChI=1S/C19H28N2O5/c1-6-25-17(23)15(12-14-10-8-7-9-11-14)21-16(22)13(2)20-18(24)26-19(3,4)5/h7-11,13,15H,6,12H2,1-5H3,(H,20,24)(H,21,22)/t13-,15-/m0/s1. The second-order valence-corrected chi connectivity index (χ2v) is 6.87. The van der Waals surface area contributed by atoms with E-state index in [1.54, 1.807) is 27.7 Å². The molecule has 0 fully saturated rings. The van der Waals surface area contributed by atoms with Crippen molar-refractivity contribution in [2.45, 2.75) is 58.7 Å². The number of carbonyl (C=O) groups is 3. The lowest BCUT2D eigenvalue weighted by Crippen LogP contribution is -2.52. The van der Waals surface area contributed by atoms with Crippen LogP contribution in [0.2, 0.25) is 0 Å². The predicted octanol–water partition coefficient (Wildman–Crippen LogP) is 2.19. The smallest absolute Gasteiger partial charge is 0.408 e. The Morgan fingerprint density at radius 1 is 1.08 bits per heavy atom. The molecule has 7 heteroatoms. The van der Waals surface area contributed by atoms with E-state index in [2.05, 4.69) is 10.6 Å². The minimum absolute atomic E-state index is 0.214. The molecule has 0 bridgehead atoms. The number of alkyl carbamates (subject to hydrolysis) is 1. The highest BCUT2D eigenvalue weighted by Gasteiger charge is 2.26. The van der Waals surface area contributed by atoms with Gasteiger partial charge in [0.2, 0.25) is 5.91 Å². The Bertz CT molecular complexity index is 610. The first-order valence-corrected chi connectivity index (χ1v) is 8.63. The fourth-order valence-electron chi connectivity index (χ4n) is 2.13. The van der Waals surface area contributed by atoms with E-state index in [1.807, 2.05) is 30.3 Å². The van der Waals surface area contributed by atoms with E-state index in [0.29, 0.717) is 6.42 Å². The van der Waals surface area contributed by atoms with Crippen LogP contribution in [0, 0.1) is 0 Å². The zero-order chi connectivity index (χ0) is 19.7. The summed E-state index contributed by atoms with van der Waals surface area (Å²) in [6.45, 7) is 8.62. The van der Waals surface area contributed by atoms with Gasteiger partial charge in [-0.05, 0) is 40.2 Å². The molecule has 0 aliphatic rings. The fraction of sp³-hybridized carbons (Fsp3) is 0.526. The van der Waals surface area contributed by atoms with E-state index in [-0.39, 0.29) is 6.61 Å². The van der Waals surface area contributed by atoms with Crippen LogP contribution >= 0.6 is 0 Å². The SMILES string of the molecule is CCOC(=O)[C@H](Cc1ccccc1)NC(=O)[C@H](C)NC(=O)OC(C)(C)C. The highest BCUT2D eigenvalue weighted by molar-refractivity contribution is 5.89. The summed E-state index contributed by atoms with van der Waals surface area (Å²) < 4.78 is 10.2. The first-order valence-electron chi connectivity index (χ1n) is 8.63. The maximum Gasteiger partial charge on any atom is 0.408 e. The Morgan fingerprint density at radius 2 is 1.69 bits per heavy atom. The van der Waals surface area contributed by atoms with Crippen LogP contribution in [0.15, 0.2) is 30.3 Å².